The Balaban J connectivity index is 0.000000774. The molecule has 0 unspecified atom stereocenters. The third kappa shape index (κ3) is 3.90. The first-order valence-electron chi connectivity index (χ1n) is 6.90. The van der Waals surface area contributed by atoms with Gasteiger partial charge in [0.05, 0.1) is 0 Å². The lowest BCUT2D eigenvalue weighted by Crippen LogP contribution is -2.20. The molecule has 3 aromatic rings. The lowest BCUT2D eigenvalue weighted by Gasteiger charge is -2.18. The Morgan fingerprint density at radius 3 is 0.905 bits per heavy atom. The largest absolute Gasteiger partial charge is 0.106 e. The molecule has 104 valence electrons. The first-order chi connectivity index (χ1) is 10.4. The molecule has 3 rings (SSSR count). The maximum atomic E-state index is 3.00. The van der Waals surface area contributed by atoms with Crippen LogP contribution in [0.25, 0.3) is 0 Å². The van der Waals surface area contributed by atoms with Gasteiger partial charge in [-0.05, 0) is 23.8 Å². The molecular weight excluding hydrogens is 271 g/mol. The lowest BCUT2D eigenvalue weighted by atomic mass is 10.4. The minimum absolute atomic E-state index is 0.446. The van der Waals surface area contributed by atoms with E-state index in [0.717, 1.165) is 0 Å². The van der Waals surface area contributed by atoms with E-state index < -0.39 is 7.92 Å². The standard InChI is InChI=1S/C18H15P.C2H4/c1-4-10-16(11-5-1)19(17-12-6-2-7-13-17)18-14-8-3-9-15-18;1-2/h1-15H;1-2H2. The third-order valence-electron chi connectivity index (χ3n) is 3.04. The zero-order valence-electron chi connectivity index (χ0n) is 12.0. The fourth-order valence-corrected chi connectivity index (χ4v) is 4.48. The van der Waals surface area contributed by atoms with Gasteiger partial charge in [0.1, 0.15) is 0 Å². The number of hydrogen-bond acceptors (Lipinski definition) is 0. The van der Waals surface area contributed by atoms with Crippen LogP contribution in [0.4, 0.5) is 0 Å². The summed E-state index contributed by atoms with van der Waals surface area (Å²) in [4.78, 5) is 0. The molecule has 0 radical (unpaired) electrons. The lowest BCUT2D eigenvalue weighted by molar-refractivity contribution is 1.74. The van der Waals surface area contributed by atoms with Crippen molar-refractivity contribution >= 4 is 23.8 Å². The van der Waals surface area contributed by atoms with Gasteiger partial charge >= 0.3 is 0 Å². The average molecular weight is 290 g/mol. The summed E-state index contributed by atoms with van der Waals surface area (Å²) < 4.78 is 0. The molecule has 0 aliphatic carbocycles. The molecular formula is C20H19P. The average Bonchev–Trinajstić information content (AvgIpc) is 2.60. The molecule has 0 nitrogen and oxygen atoms in total. The van der Waals surface area contributed by atoms with E-state index in [1.807, 2.05) is 0 Å². The molecule has 0 atom stereocenters. The van der Waals surface area contributed by atoms with Crippen molar-refractivity contribution in [2.24, 2.45) is 0 Å². The van der Waals surface area contributed by atoms with Crippen LogP contribution >= 0.6 is 7.92 Å². The summed E-state index contributed by atoms with van der Waals surface area (Å²) in [6.07, 6.45) is 0. The molecule has 0 bridgehead atoms. The van der Waals surface area contributed by atoms with Gasteiger partial charge in [0.25, 0.3) is 0 Å². The van der Waals surface area contributed by atoms with Gasteiger partial charge in [-0.2, -0.15) is 0 Å². The third-order valence-corrected chi connectivity index (χ3v) is 5.49. The normalized spacial score (nSPS) is 9.76. The van der Waals surface area contributed by atoms with E-state index in [-0.39, 0.29) is 0 Å². The molecule has 3 aromatic carbocycles. The topological polar surface area (TPSA) is 0 Å². The van der Waals surface area contributed by atoms with Crippen molar-refractivity contribution in [1.29, 1.82) is 0 Å². The molecule has 0 N–H and O–H groups in total. The summed E-state index contributed by atoms with van der Waals surface area (Å²) in [5.74, 6) is 0. The van der Waals surface area contributed by atoms with Gasteiger partial charge in [-0.25, -0.2) is 0 Å². The maximum absolute atomic E-state index is 3.00. The van der Waals surface area contributed by atoms with Crippen molar-refractivity contribution < 1.29 is 0 Å². The van der Waals surface area contributed by atoms with Gasteiger partial charge in [0.2, 0.25) is 0 Å². The highest BCUT2D eigenvalue weighted by molar-refractivity contribution is 7.79. The van der Waals surface area contributed by atoms with Crippen molar-refractivity contribution in [1.82, 2.24) is 0 Å². The van der Waals surface area contributed by atoms with E-state index in [1.165, 1.54) is 15.9 Å². The molecule has 0 aliphatic heterocycles. The van der Waals surface area contributed by atoms with Crippen LogP contribution in [-0.2, 0) is 0 Å². The Hall–Kier alpha value is -2.17. The summed E-state index contributed by atoms with van der Waals surface area (Å²) in [5, 5.41) is 4.19. The highest BCUT2D eigenvalue weighted by Gasteiger charge is 2.14. The molecule has 0 amide bonds. The van der Waals surface area contributed by atoms with Gasteiger partial charge in [-0.1, -0.05) is 91.0 Å². The second-order valence-corrected chi connectivity index (χ2v) is 6.56. The van der Waals surface area contributed by atoms with Crippen LogP contribution < -0.4 is 15.9 Å². The fraction of sp³-hybridized carbons (Fsp3) is 0. The predicted molar refractivity (Wildman–Crippen MR) is 96.4 cm³/mol. The first-order valence-corrected chi connectivity index (χ1v) is 8.24. The summed E-state index contributed by atoms with van der Waals surface area (Å²) in [6.45, 7) is 6.00. The monoisotopic (exact) mass is 290 g/mol. The van der Waals surface area contributed by atoms with Crippen LogP contribution in [0.15, 0.2) is 104 Å². The van der Waals surface area contributed by atoms with Gasteiger partial charge in [-0.3, -0.25) is 0 Å². The summed E-state index contributed by atoms with van der Waals surface area (Å²) in [6, 6.07) is 32.3. The van der Waals surface area contributed by atoms with Crippen molar-refractivity contribution in [2.45, 2.75) is 0 Å². The van der Waals surface area contributed by atoms with Gasteiger partial charge in [0.15, 0.2) is 0 Å². The molecule has 21 heavy (non-hydrogen) atoms. The molecule has 0 fully saturated rings. The predicted octanol–water partition coefficient (Wildman–Crippen LogP) is 4.25. The zero-order chi connectivity index (χ0) is 14.9. The van der Waals surface area contributed by atoms with Crippen LogP contribution in [0.1, 0.15) is 0 Å². The van der Waals surface area contributed by atoms with Crippen LogP contribution in [0.5, 0.6) is 0 Å². The van der Waals surface area contributed by atoms with E-state index in [2.05, 4.69) is 104 Å². The van der Waals surface area contributed by atoms with Crippen molar-refractivity contribution in [3.05, 3.63) is 104 Å². The molecule has 0 saturated heterocycles. The molecule has 1 heteroatoms. The Morgan fingerprint density at radius 1 is 0.429 bits per heavy atom. The van der Waals surface area contributed by atoms with E-state index in [4.69, 9.17) is 0 Å². The second kappa shape index (κ2) is 8.19. The highest BCUT2D eigenvalue weighted by atomic mass is 31.1. The maximum Gasteiger partial charge on any atom is -0.0134 e. The molecule has 0 saturated carbocycles. The summed E-state index contributed by atoms with van der Waals surface area (Å²) in [7, 11) is -0.446. The first kappa shape index (κ1) is 15.2. The summed E-state index contributed by atoms with van der Waals surface area (Å²) in [5.41, 5.74) is 0. The van der Waals surface area contributed by atoms with E-state index in [9.17, 15) is 0 Å². The van der Waals surface area contributed by atoms with Crippen molar-refractivity contribution in [3.63, 3.8) is 0 Å². The fourth-order valence-electron chi connectivity index (χ4n) is 2.18. The minimum Gasteiger partial charge on any atom is -0.106 e. The van der Waals surface area contributed by atoms with E-state index in [1.54, 1.807) is 0 Å². The molecule has 0 aromatic heterocycles. The number of benzene rings is 3. The quantitative estimate of drug-likeness (QED) is 0.500. The van der Waals surface area contributed by atoms with Crippen LogP contribution in [0.3, 0.4) is 0 Å². The molecule has 0 spiro atoms. The van der Waals surface area contributed by atoms with Gasteiger partial charge in [0, 0.05) is 0 Å². The highest BCUT2D eigenvalue weighted by Crippen LogP contribution is 2.32. The zero-order valence-corrected chi connectivity index (χ0v) is 12.9. The van der Waals surface area contributed by atoms with E-state index in [0.29, 0.717) is 0 Å². The van der Waals surface area contributed by atoms with E-state index >= 15 is 0 Å². The Bertz CT molecular complexity index is 539. The van der Waals surface area contributed by atoms with Gasteiger partial charge < -0.3 is 0 Å². The van der Waals surface area contributed by atoms with Gasteiger partial charge in [-0.15, -0.1) is 13.2 Å². The van der Waals surface area contributed by atoms with Crippen molar-refractivity contribution in [2.75, 3.05) is 0 Å². The van der Waals surface area contributed by atoms with Crippen molar-refractivity contribution in [3.8, 4) is 0 Å². The van der Waals surface area contributed by atoms with Crippen LogP contribution in [0, 0.1) is 0 Å². The number of rotatable bonds is 3. The summed E-state index contributed by atoms with van der Waals surface area (Å²) >= 11 is 0. The Kier molecular flexibility index (Phi) is 5.94. The molecule has 0 heterocycles. The minimum atomic E-state index is -0.446. The second-order valence-electron chi connectivity index (χ2n) is 4.34. The smallest absolute Gasteiger partial charge is 0.0134 e. The van der Waals surface area contributed by atoms with Crippen LogP contribution in [-0.4, -0.2) is 0 Å². The Morgan fingerprint density at radius 2 is 0.667 bits per heavy atom. The Labute approximate surface area is 128 Å². The molecule has 0 aliphatic rings. The van der Waals surface area contributed by atoms with Crippen LogP contribution in [0.2, 0.25) is 0 Å². The number of hydrogen-bond donors (Lipinski definition) is 0. The SMILES string of the molecule is C=C.c1ccc(P(c2ccccc2)c2ccccc2)cc1.